The molecule has 4 heteroatoms. The zero-order valence-corrected chi connectivity index (χ0v) is 8.50. The van der Waals surface area contributed by atoms with Crippen molar-refractivity contribution < 1.29 is 14.4 Å². The number of carbonyl (C=O) groups is 3. The Labute approximate surface area is 83.1 Å². The Balaban J connectivity index is 2.53. The molecular formula is C10H15NO3. The molecule has 0 spiro atoms. The van der Waals surface area contributed by atoms with Crippen LogP contribution in [0.2, 0.25) is 0 Å². The molecule has 1 aliphatic heterocycles. The minimum Gasteiger partial charge on any atom is -0.299 e. The van der Waals surface area contributed by atoms with Crippen molar-refractivity contribution in [2.24, 2.45) is 11.8 Å². The second kappa shape index (κ2) is 4.35. The normalized spacial score (nSPS) is 23.4. The first-order chi connectivity index (χ1) is 6.54. The van der Waals surface area contributed by atoms with Crippen molar-refractivity contribution in [3.05, 3.63) is 0 Å². The van der Waals surface area contributed by atoms with Crippen LogP contribution in [-0.4, -0.2) is 17.6 Å². The van der Waals surface area contributed by atoms with Gasteiger partial charge in [0.25, 0.3) is 0 Å². The smallest absolute Gasteiger partial charge is 0.237 e. The van der Waals surface area contributed by atoms with Crippen LogP contribution in [-0.2, 0) is 14.4 Å². The van der Waals surface area contributed by atoms with Gasteiger partial charge in [0.1, 0.15) is 11.7 Å². The highest BCUT2D eigenvalue weighted by atomic mass is 16.2. The standard InChI is InChI=1S/C10H15NO3/c1-3-6(2)4-8(12)7-5-9(13)11-10(7)14/h6-7H,3-5H2,1-2H3,(H,11,13,14). The van der Waals surface area contributed by atoms with Gasteiger partial charge in [-0.2, -0.15) is 0 Å². The van der Waals surface area contributed by atoms with Crippen LogP contribution in [0.4, 0.5) is 0 Å². The number of carbonyl (C=O) groups excluding carboxylic acids is 3. The number of amides is 2. The number of ketones is 1. The van der Waals surface area contributed by atoms with Crippen LogP contribution in [0.25, 0.3) is 0 Å². The molecule has 0 aromatic rings. The molecule has 0 radical (unpaired) electrons. The molecule has 1 aliphatic rings. The number of imide groups is 1. The molecule has 4 nitrogen and oxygen atoms in total. The summed E-state index contributed by atoms with van der Waals surface area (Å²) in [5.74, 6) is -1.31. The van der Waals surface area contributed by atoms with Gasteiger partial charge in [-0.3, -0.25) is 19.7 Å². The molecule has 2 atom stereocenters. The molecule has 1 heterocycles. The first-order valence-electron chi connectivity index (χ1n) is 4.91. The van der Waals surface area contributed by atoms with E-state index in [2.05, 4.69) is 5.32 Å². The third-order valence-corrected chi connectivity index (χ3v) is 2.60. The molecule has 2 amide bonds. The van der Waals surface area contributed by atoms with Gasteiger partial charge in [-0.05, 0) is 5.92 Å². The highest BCUT2D eigenvalue weighted by molar-refractivity contribution is 6.14. The molecule has 1 fully saturated rings. The summed E-state index contributed by atoms with van der Waals surface area (Å²) in [6.45, 7) is 3.96. The molecule has 0 bridgehead atoms. The molecule has 1 saturated heterocycles. The SMILES string of the molecule is CCC(C)CC(=O)C1CC(=O)NC1=O. The molecule has 0 saturated carbocycles. The number of nitrogens with one attached hydrogen (secondary N) is 1. The largest absolute Gasteiger partial charge is 0.299 e. The first-order valence-corrected chi connectivity index (χ1v) is 4.91. The zero-order chi connectivity index (χ0) is 10.7. The fourth-order valence-corrected chi connectivity index (χ4v) is 1.44. The van der Waals surface area contributed by atoms with E-state index in [-0.39, 0.29) is 24.0 Å². The molecule has 14 heavy (non-hydrogen) atoms. The lowest BCUT2D eigenvalue weighted by atomic mass is 9.93. The van der Waals surface area contributed by atoms with E-state index >= 15 is 0 Å². The van der Waals surface area contributed by atoms with Crippen LogP contribution in [0.1, 0.15) is 33.1 Å². The lowest BCUT2D eigenvalue weighted by molar-refractivity contribution is -0.132. The number of Topliss-reactive ketones (excluding diaryl/α,β-unsaturated/α-hetero) is 1. The fraction of sp³-hybridized carbons (Fsp3) is 0.700. The molecule has 1 N–H and O–H groups in total. The summed E-state index contributed by atoms with van der Waals surface area (Å²) in [4.78, 5) is 33.5. The lowest BCUT2D eigenvalue weighted by Gasteiger charge is -2.09. The van der Waals surface area contributed by atoms with Crippen molar-refractivity contribution in [3.8, 4) is 0 Å². The molecule has 0 aliphatic carbocycles. The molecule has 0 aromatic heterocycles. The maximum atomic E-state index is 11.6. The Morgan fingerprint density at radius 3 is 2.64 bits per heavy atom. The monoisotopic (exact) mass is 197 g/mol. The van der Waals surface area contributed by atoms with Gasteiger partial charge in [-0.25, -0.2) is 0 Å². The van der Waals surface area contributed by atoms with Crippen LogP contribution in [0.5, 0.6) is 0 Å². The van der Waals surface area contributed by atoms with Crippen LogP contribution in [0, 0.1) is 11.8 Å². The number of rotatable bonds is 4. The van der Waals surface area contributed by atoms with E-state index in [0.29, 0.717) is 6.42 Å². The zero-order valence-electron chi connectivity index (χ0n) is 8.50. The van der Waals surface area contributed by atoms with E-state index < -0.39 is 11.8 Å². The number of hydrogen-bond donors (Lipinski definition) is 1. The summed E-state index contributed by atoms with van der Waals surface area (Å²) in [6, 6.07) is 0. The second-order valence-electron chi connectivity index (χ2n) is 3.85. The first kappa shape index (κ1) is 10.9. The molecule has 1 rings (SSSR count). The predicted octanol–water partition coefficient (Wildman–Crippen LogP) is 0.654. The third kappa shape index (κ3) is 2.40. The molecule has 78 valence electrons. The van der Waals surface area contributed by atoms with E-state index in [4.69, 9.17) is 0 Å². The number of hydrogen-bond acceptors (Lipinski definition) is 3. The van der Waals surface area contributed by atoms with Gasteiger partial charge < -0.3 is 0 Å². The van der Waals surface area contributed by atoms with Crippen LogP contribution in [0.3, 0.4) is 0 Å². The van der Waals surface area contributed by atoms with E-state index in [9.17, 15) is 14.4 Å². The summed E-state index contributed by atoms with van der Waals surface area (Å²) < 4.78 is 0. The Morgan fingerprint density at radius 1 is 1.57 bits per heavy atom. The summed E-state index contributed by atoms with van der Waals surface area (Å²) in [6.07, 6.45) is 1.34. The summed E-state index contributed by atoms with van der Waals surface area (Å²) in [5.41, 5.74) is 0. The van der Waals surface area contributed by atoms with E-state index in [1.165, 1.54) is 0 Å². The van der Waals surface area contributed by atoms with Gasteiger partial charge in [0.15, 0.2) is 0 Å². The van der Waals surface area contributed by atoms with Gasteiger partial charge in [-0.15, -0.1) is 0 Å². The average Bonchev–Trinajstić information content (AvgIpc) is 2.45. The highest BCUT2D eigenvalue weighted by Crippen LogP contribution is 2.17. The Bertz CT molecular complexity index is 273. The van der Waals surface area contributed by atoms with E-state index in [1.807, 2.05) is 13.8 Å². The lowest BCUT2D eigenvalue weighted by Crippen LogP contribution is -2.27. The summed E-state index contributed by atoms with van der Waals surface area (Å²) in [5, 5.41) is 2.14. The van der Waals surface area contributed by atoms with Gasteiger partial charge >= 0.3 is 0 Å². The second-order valence-corrected chi connectivity index (χ2v) is 3.85. The molecule has 2 unspecified atom stereocenters. The Morgan fingerprint density at radius 2 is 2.21 bits per heavy atom. The maximum absolute atomic E-state index is 11.6. The van der Waals surface area contributed by atoms with Crippen molar-refractivity contribution in [2.75, 3.05) is 0 Å². The van der Waals surface area contributed by atoms with Gasteiger partial charge in [0, 0.05) is 12.8 Å². The summed E-state index contributed by atoms with van der Waals surface area (Å²) >= 11 is 0. The average molecular weight is 197 g/mol. The Kier molecular flexibility index (Phi) is 3.38. The van der Waals surface area contributed by atoms with Crippen molar-refractivity contribution in [3.63, 3.8) is 0 Å². The van der Waals surface area contributed by atoms with Crippen molar-refractivity contribution >= 4 is 17.6 Å². The Hall–Kier alpha value is -1.19. The molecule has 0 aromatic carbocycles. The minimum absolute atomic E-state index is 0.0358. The quantitative estimate of drug-likeness (QED) is 0.531. The van der Waals surface area contributed by atoms with Crippen LogP contribution in [0.15, 0.2) is 0 Å². The maximum Gasteiger partial charge on any atom is 0.237 e. The topological polar surface area (TPSA) is 63.2 Å². The van der Waals surface area contributed by atoms with Gasteiger partial charge in [0.05, 0.1) is 0 Å². The van der Waals surface area contributed by atoms with Gasteiger partial charge in [-0.1, -0.05) is 20.3 Å². The minimum atomic E-state index is -0.725. The van der Waals surface area contributed by atoms with Crippen molar-refractivity contribution in [1.29, 1.82) is 0 Å². The van der Waals surface area contributed by atoms with Crippen LogP contribution >= 0.6 is 0 Å². The molecular weight excluding hydrogens is 182 g/mol. The van der Waals surface area contributed by atoms with Crippen LogP contribution < -0.4 is 5.32 Å². The highest BCUT2D eigenvalue weighted by Gasteiger charge is 2.35. The predicted molar refractivity (Wildman–Crippen MR) is 50.3 cm³/mol. The van der Waals surface area contributed by atoms with Crippen molar-refractivity contribution in [2.45, 2.75) is 33.1 Å². The fourth-order valence-electron chi connectivity index (χ4n) is 1.44. The van der Waals surface area contributed by atoms with Gasteiger partial charge in [0.2, 0.25) is 11.8 Å². The van der Waals surface area contributed by atoms with E-state index in [0.717, 1.165) is 6.42 Å². The third-order valence-electron chi connectivity index (χ3n) is 2.60. The summed E-state index contributed by atoms with van der Waals surface area (Å²) in [7, 11) is 0. The van der Waals surface area contributed by atoms with Crippen molar-refractivity contribution in [1.82, 2.24) is 5.32 Å². The van der Waals surface area contributed by atoms with E-state index in [1.54, 1.807) is 0 Å².